The summed E-state index contributed by atoms with van der Waals surface area (Å²) in [4.78, 5) is 12.2. The maximum Gasteiger partial charge on any atom is 0.259 e. The van der Waals surface area contributed by atoms with E-state index in [1.165, 1.54) is 6.07 Å². The van der Waals surface area contributed by atoms with Gasteiger partial charge in [0.2, 0.25) is 0 Å². The summed E-state index contributed by atoms with van der Waals surface area (Å²) >= 11 is 11.6. The normalized spacial score (nSPS) is 10.7. The summed E-state index contributed by atoms with van der Waals surface area (Å²) in [5.41, 5.74) is 1.47. The molecule has 0 unspecified atom stereocenters. The van der Waals surface area contributed by atoms with Crippen LogP contribution in [0.4, 0.5) is 5.69 Å². The fraction of sp³-hybridized carbons (Fsp3) is 0. The van der Waals surface area contributed by atoms with Crippen LogP contribution in [-0.2, 0) is 0 Å². The highest BCUT2D eigenvalue weighted by molar-refractivity contribution is 6.34. The molecule has 0 aliphatic rings. The highest BCUT2D eigenvalue weighted by atomic mass is 35.5. The Morgan fingerprint density at radius 2 is 2.10 bits per heavy atom. The third-order valence-electron chi connectivity index (χ3n) is 2.69. The lowest BCUT2D eigenvalue weighted by atomic mass is 10.2. The van der Waals surface area contributed by atoms with Gasteiger partial charge in [0.1, 0.15) is 0 Å². The van der Waals surface area contributed by atoms with E-state index in [9.17, 15) is 4.79 Å². The van der Waals surface area contributed by atoms with Crippen LogP contribution in [-0.4, -0.2) is 26.3 Å². The molecule has 2 N–H and O–H groups in total. The van der Waals surface area contributed by atoms with Gasteiger partial charge in [-0.05, 0) is 12.1 Å². The summed E-state index contributed by atoms with van der Waals surface area (Å²) in [6, 6.07) is 6.81. The van der Waals surface area contributed by atoms with E-state index in [0.29, 0.717) is 5.69 Å². The summed E-state index contributed by atoms with van der Waals surface area (Å²) < 4.78 is 0. The molecule has 0 aliphatic carbocycles. The molecule has 2 aromatic heterocycles. The molecule has 0 radical (unpaired) electrons. The van der Waals surface area contributed by atoms with Gasteiger partial charge in [-0.3, -0.25) is 9.89 Å². The summed E-state index contributed by atoms with van der Waals surface area (Å²) in [7, 11) is 0. The van der Waals surface area contributed by atoms with Crippen LogP contribution in [0.25, 0.3) is 10.9 Å². The number of halogens is 2. The van der Waals surface area contributed by atoms with Gasteiger partial charge in [-0.1, -0.05) is 35.3 Å². The number of carbonyl (C=O) groups is 1. The monoisotopic (exact) mass is 307 g/mol. The van der Waals surface area contributed by atoms with E-state index in [-0.39, 0.29) is 15.9 Å². The zero-order valence-corrected chi connectivity index (χ0v) is 11.4. The zero-order chi connectivity index (χ0) is 14.1. The van der Waals surface area contributed by atoms with Gasteiger partial charge in [0.15, 0.2) is 10.3 Å². The Balaban J connectivity index is 1.96. The van der Waals surface area contributed by atoms with E-state index < -0.39 is 5.91 Å². The highest BCUT2D eigenvalue weighted by Crippen LogP contribution is 2.22. The van der Waals surface area contributed by atoms with Crippen LogP contribution in [0.15, 0.2) is 30.5 Å². The van der Waals surface area contributed by atoms with Crippen molar-refractivity contribution in [2.45, 2.75) is 0 Å². The molecule has 0 aliphatic heterocycles. The summed E-state index contributed by atoms with van der Waals surface area (Å²) in [5.74, 6) is -0.422. The average Bonchev–Trinajstić information content (AvgIpc) is 2.91. The molecule has 0 saturated carbocycles. The first-order chi connectivity index (χ1) is 9.65. The molecule has 6 nitrogen and oxygen atoms in total. The molecule has 1 amide bonds. The number of amides is 1. The van der Waals surface area contributed by atoms with Crippen LogP contribution in [0, 0.1) is 0 Å². The smallest absolute Gasteiger partial charge is 0.259 e. The molecule has 1 aromatic carbocycles. The Kier molecular flexibility index (Phi) is 3.25. The second-order valence-corrected chi connectivity index (χ2v) is 4.71. The number of aromatic nitrogens is 4. The van der Waals surface area contributed by atoms with Crippen molar-refractivity contribution in [3.8, 4) is 0 Å². The lowest BCUT2D eigenvalue weighted by Gasteiger charge is -2.07. The molecule has 8 heteroatoms. The number of para-hydroxylation sites is 1. The fourth-order valence-electron chi connectivity index (χ4n) is 1.77. The Morgan fingerprint density at radius 3 is 2.95 bits per heavy atom. The first kappa shape index (κ1) is 12.8. The molecule has 3 aromatic rings. The topological polar surface area (TPSA) is 83.6 Å². The predicted molar refractivity (Wildman–Crippen MR) is 76.1 cm³/mol. The molecule has 0 saturated heterocycles. The van der Waals surface area contributed by atoms with Crippen LogP contribution < -0.4 is 5.32 Å². The van der Waals surface area contributed by atoms with Crippen LogP contribution >= 0.6 is 23.2 Å². The van der Waals surface area contributed by atoms with Gasteiger partial charge in [0.25, 0.3) is 5.91 Å². The number of hydrogen-bond donors (Lipinski definition) is 2. The maximum atomic E-state index is 12.2. The SMILES string of the molecule is O=C(Nc1cccc2cn[nH]c12)c1cc(Cl)nnc1Cl. The van der Waals surface area contributed by atoms with E-state index in [2.05, 4.69) is 25.7 Å². The minimum atomic E-state index is -0.422. The number of carbonyl (C=O) groups excluding carboxylic acids is 1. The van der Waals surface area contributed by atoms with Gasteiger partial charge in [-0.25, -0.2) is 0 Å². The van der Waals surface area contributed by atoms with E-state index >= 15 is 0 Å². The minimum Gasteiger partial charge on any atom is -0.320 e. The Labute approximate surface area is 123 Å². The van der Waals surface area contributed by atoms with Crippen LogP contribution in [0.1, 0.15) is 10.4 Å². The van der Waals surface area contributed by atoms with Gasteiger partial charge in [-0.15, -0.1) is 10.2 Å². The summed E-state index contributed by atoms with van der Waals surface area (Å²) in [5, 5.41) is 17.6. The van der Waals surface area contributed by atoms with E-state index in [1.54, 1.807) is 12.3 Å². The maximum absolute atomic E-state index is 12.2. The number of nitrogens with one attached hydrogen (secondary N) is 2. The van der Waals surface area contributed by atoms with Gasteiger partial charge in [0.05, 0.1) is 23.0 Å². The van der Waals surface area contributed by atoms with Crippen LogP contribution in [0.3, 0.4) is 0 Å². The minimum absolute atomic E-state index is 0.0105. The number of nitrogens with zero attached hydrogens (tertiary/aromatic N) is 3. The van der Waals surface area contributed by atoms with Crippen molar-refractivity contribution in [2.24, 2.45) is 0 Å². The summed E-state index contributed by atoms with van der Waals surface area (Å²) in [6.07, 6.45) is 1.67. The van der Waals surface area contributed by atoms with Gasteiger partial charge in [-0.2, -0.15) is 5.10 Å². The molecule has 0 spiro atoms. The van der Waals surface area contributed by atoms with Crippen molar-refractivity contribution < 1.29 is 4.79 Å². The van der Waals surface area contributed by atoms with Gasteiger partial charge >= 0.3 is 0 Å². The predicted octanol–water partition coefficient (Wildman–Crippen LogP) is 2.91. The molecule has 3 rings (SSSR count). The van der Waals surface area contributed by atoms with Crippen molar-refractivity contribution in [3.05, 3.63) is 46.3 Å². The quantitative estimate of drug-likeness (QED) is 0.762. The third-order valence-corrected chi connectivity index (χ3v) is 3.15. The third kappa shape index (κ3) is 2.31. The largest absolute Gasteiger partial charge is 0.320 e. The second-order valence-electron chi connectivity index (χ2n) is 3.97. The average molecular weight is 308 g/mol. The molecule has 0 bridgehead atoms. The number of hydrogen-bond acceptors (Lipinski definition) is 4. The van der Waals surface area contributed by atoms with Crippen molar-refractivity contribution >= 4 is 45.7 Å². The van der Waals surface area contributed by atoms with Crippen molar-refractivity contribution in [1.82, 2.24) is 20.4 Å². The van der Waals surface area contributed by atoms with E-state index in [1.807, 2.05) is 12.1 Å². The number of H-pyrrole nitrogens is 1. The lowest BCUT2D eigenvalue weighted by Crippen LogP contribution is -2.13. The molecular weight excluding hydrogens is 301 g/mol. The number of rotatable bonds is 2. The van der Waals surface area contributed by atoms with Crippen LogP contribution in [0.5, 0.6) is 0 Å². The summed E-state index contributed by atoms with van der Waals surface area (Å²) in [6.45, 7) is 0. The highest BCUT2D eigenvalue weighted by Gasteiger charge is 2.14. The number of benzene rings is 1. The van der Waals surface area contributed by atoms with Crippen molar-refractivity contribution in [3.63, 3.8) is 0 Å². The first-order valence-electron chi connectivity index (χ1n) is 5.57. The molecule has 0 atom stereocenters. The Hall–Kier alpha value is -2.18. The first-order valence-corrected chi connectivity index (χ1v) is 6.33. The lowest BCUT2D eigenvalue weighted by molar-refractivity contribution is 0.102. The van der Waals surface area contributed by atoms with Gasteiger partial charge < -0.3 is 5.32 Å². The molecule has 2 heterocycles. The van der Waals surface area contributed by atoms with Crippen molar-refractivity contribution in [1.29, 1.82) is 0 Å². The number of anilines is 1. The van der Waals surface area contributed by atoms with Crippen molar-refractivity contribution in [2.75, 3.05) is 5.32 Å². The Bertz CT molecular complexity index is 801. The Morgan fingerprint density at radius 1 is 1.25 bits per heavy atom. The standard InChI is InChI=1S/C12H7Cl2N5O/c13-9-4-7(11(14)19-17-9)12(20)16-8-3-1-2-6-5-15-18-10(6)8/h1-5H,(H,15,18)(H,16,20). The number of aromatic amines is 1. The zero-order valence-electron chi connectivity index (χ0n) is 9.89. The second kappa shape index (κ2) is 5.07. The van der Waals surface area contributed by atoms with E-state index in [4.69, 9.17) is 23.2 Å². The molecule has 100 valence electrons. The fourth-order valence-corrected chi connectivity index (χ4v) is 2.10. The molecular formula is C12H7Cl2N5O. The molecule has 20 heavy (non-hydrogen) atoms. The van der Waals surface area contributed by atoms with E-state index in [0.717, 1.165) is 10.9 Å². The van der Waals surface area contributed by atoms with Gasteiger partial charge in [0, 0.05) is 5.39 Å². The molecule has 0 fully saturated rings. The van der Waals surface area contributed by atoms with Crippen LogP contribution in [0.2, 0.25) is 10.3 Å². The number of fused-ring (bicyclic) bond motifs is 1.